The average Bonchev–Trinajstić information content (AvgIpc) is 3.28. The summed E-state index contributed by atoms with van der Waals surface area (Å²) in [5, 5.41) is 7.70. The van der Waals surface area contributed by atoms with Gasteiger partial charge in [-0.25, -0.2) is 0 Å². The Morgan fingerprint density at radius 3 is 2.17 bits per heavy atom. The lowest BCUT2D eigenvalue weighted by molar-refractivity contribution is -0.141. The summed E-state index contributed by atoms with van der Waals surface area (Å²) < 4.78 is 18.0. The van der Waals surface area contributed by atoms with Gasteiger partial charge in [0.05, 0.1) is 39.0 Å². The van der Waals surface area contributed by atoms with Crippen molar-refractivity contribution in [1.29, 1.82) is 0 Å². The molecule has 2 rings (SSSR count). The molecule has 0 saturated heterocycles. The standard InChI is InChI=1S/C27H41N3O5/c1-8-19(9-2)17-30-22(26-23(33-5)11-10-12-24(26)34-6)16-21(29-30)27(32)28-20(14-13-18(3)4)15-25(31)35-7/h10-12,16,18-20H,8-9,13-15,17H2,1-7H3,(H,28,32)/t20-/m0/s1. The summed E-state index contributed by atoms with van der Waals surface area (Å²) in [7, 11) is 4.58. The second kappa shape index (κ2) is 13.8. The van der Waals surface area contributed by atoms with Crippen LogP contribution in [0.5, 0.6) is 11.5 Å². The Hall–Kier alpha value is -3.03. The van der Waals surface area contributed by atoms with Crippen LogP contribution < -0.4 is 14.8 Å². The van der Waals surface area contributed by atoms with Crippen LogP contribution in [0.4, 0.5) is 0 Å². The van der Waals surface area contributed by atoms with E-state index in [0.29, 0.717) is 42.0 Å². The topological polar surface area (TPSA) is 91.7 Å². The fourth-order valence-electron chi connectivity index (χ4n) is 4.07. The molecule has 0 unspecified atom stereocenters. The molecule has 0 aliphatic heterocycles. The normalized spacial score (nSPS) is 12.0. The van der Waals surface area contributed by atoms with Crippen LogP contribution in [0.1, 0.15) is 70.3 Å². The Labute approximate surface area is 209 Å². The molecule has 0 radical (unpaired) electrons. The molecule has 0 aliphatic carbocycles. The van der Waals surface area contributed by atoms with Crippen molar-refractivity contribution in [3.8, 4) is 22.8 Å². The lowest BCUT2D eigenvalue weighted by atomic mass is 10.0. The number of methoxy groups -OCH3 is 3. The number of carbonyl (C=O) groups excluding carboxylic acids is 2. The van der Waals surface area contributed by atoms with Crippen molar-refractivity contribution in [2.45, 2.75) is 72.4 Å². The molecule has 1 N–H and O–H groups in total. The molecule has 8 nitrogen and oxygen atoms in total. The highest BCUT2D eigenvalue weighted by Gasteiger charge is 2.25. The first-order chi connectivity index (χ1) is 16.8. The van der Waals surface area contributed by atoms with Crippen LogP contribution in [0, 0.1) is 11.8 Å². The Kier molecular flexibility index (Phi) is 11.1. The van der Waals surface area contributed by atoms with E-state index in [2.05, 4.69) is 33.0 Å². The zero-order chi connectivity index (χ0) is 26.0. The third-order valence-electron chi connectivity index (χ3n) is 6.35. The monoisotopic (exact) mass is 487 g/mol. The predicted octanol–water partition coefficient (Wildman–Crippen LogP) is 5.10. The van der Waals surface area contributed by atoms with Crippen LogP contribution in [0.15, 0.2) is 24.3 Å². The minimum absolute atomic E-state index is 0.122. The molecule has 194 valence electrons. The first kappa shape index (κ1) is 28.2. The summed E-state index contributed by atoms with van der Waals surface area (Å²) in [6, 6.07) is 7.04. The maximum Gasteiger partial charge on any atom is 0.307 e. The lowest BCUT2D eigenvalue weighted by Gasteiger charge is -2.18. The van der Waals surface area contributed by atoms with Gasteiger partial charge in [-0.15, -0.1) is 0 Å². The Bertz CT molecular complexity index is 943. The lowest BCUT2D eigenvalue weighted by Crippen LogP contribution is -2.37. The summed E-state index contributed by atoms with van der Waals surface area (Å²) in [5.74, 6) is 1.48. The molecule has 0 aliphatic rings. The highest BCUT2D eigenvalue weighted by molar-refractivity contribution is 5.94. The third kappa shape index (κ3) is 7.73. The van der Waals surface area contributed by atoms with E-state index in [-0.39, 0.29) is 24.3 Å². The molecule has 1 aromatic carbocycles. The van der Waals surface area contributed by atoms with E-state index in [1.165, 1.54) is 7.11 Å². The minimum Gasteiger partial charge on any atom is -0.496 e. The van der Waals surface area contributed by atoms with E-state index in [1.807, 2.05) is 22.9 Å². The average molecular weight is 488 g/mol. The molecule has 0 saturated carbocycles. The number of rotatable bonds is 14. The van der Waals surface area contributed by atoms with Crippen LogP contribution >= 0.6 is 0 Å². The van der Waals surface area contributed by atoms with Crippen molar-refractivity contribution in [3.05, 3.63) is 30.0 Å². The van der Waals surface area contributed by atoms with Crippen molar-refractivity contribution in [2.24, 2.45) is 11.8 Å². The van der Waals surface area contributed by atoms with Gasteiger partial charge in [-0.05, 0) is 42.9 Å². The van der Waals surface area contributed by atoms with Gasteiger partial charge in [0.15, 0.2) is 5.69 Å². The number of hydrogen-bond acceptors (Lipinski definition) is 6. The van der Waals surface area contributed by atoms with Crippen LogP contribution in [-0.4, -0.2) is 49.0 Å². The largest absolute Gasteiger partial charge is 0.496 e. The number of nitrogens with one attached hydrogen (secondary N) is 1. The molecule has 2 aromatic rings. The van der Waals surface area contributed by atoms with Gasteiger partial charge in [0, 0.05) is 12.6 Å². The molecule has 1 amide bonds. The second-order valence-corrected chi connectivity index (χ2v) is 9.24. The summed E-state index contributed by atoms with van der Waals surface area (Å²) >= 11 is 0. The van der Waals surface area contributed by atoms with Gasteiger partial charge in [0.2, 0.25) is 0 Å². The number of ether oxygens (including phenoxy) is 3. The van der Waals surface area contributed by atoms with Gasteiger partial charge in [0.1, 0.15) is 11.5 Å². The number of hydrogen-bond donors (Lipinski definition) is 1. The second-order valence-electron chi connectivity index (χ2n) is 9.24. The van der Waals surface area contributed by atoms with E-state index < -0.39 is 0 Å². The highest BCUT2D eigenvalue weighted by Crippen LogP contribution is 2.39. The van der Waals surface area contributed by atoms with Gasteiger partial charge >= 0.3 is 5.97 Å². The van der Waals surface area contributed by atoms with Crippen molar-refractivity contribution in [2.75, 3.05) is 21.3 Å². The number of esters is 1. The Morgan fingerprint density at radius 2 is 1.66 bits per heavy atom. The van der Waals surface area contributed by atoms with Crippen LogP contribution in [0.25, 0.3) is 11.3 Å². The number of amides is 1. The molecule has 35 heavy (non-hydrogen) atoms. The molecular formula is C27H41N3O5. The number of nitrogens with zero attached hydrogens (tertiary/aromatic N) is 2. The molecule has 8 heteroatoms. The van der Waals surface area contributed by atoms with Crippen molar-refractivity contribution >= 4 is 11.9 Å². The molecule has 0 fully saturated rings. The minimum atomic E-state index is -0.349. The van der Waals surface area contributed by atoms with Crippen molar-refractivity contribution in [1.82, 2.24) is 15.1 Å². The van der Waals surface area contributed by atoms with Gasteiger partial charge in [0.25, 0.3) is 5.91 Å². The number of aromatic nitrogens is 2. The SMILES string of the molecule is CCC(CC)Cn1nc(C(=O)N[C@@H](CCC(C)C)CC(=O)OC)cc1-c1c(OC)cccc1OC. The van der Waals surface area contributed by atoms with E-state index in [4.69, 9.17) is 19.3 Å². The quantitative estimate of drug-likeness (QED) is 0.373. The van der Waals surface area contributed by atoms with Gasteiger partial charge in [-0.3, -0.25) is 14.3 Å². The molecule has 0 spiro atoms. The zero-order valence-corrected chi connectivity index (χ0v) is 22.2. The maximum absolute atomic E-state index is 13.3. The summed E-state index contributed by atoms with van der Waals surface area (Å²) in [6.45, 7) is 9.20. The van der Waals surface area contributed by atoms with Crippen molar-refractivity contribution < 1.29 is 23.8 Å². The highest BCUT2D eigenvalue weighted by atomic mass is 16.5. The smallest absolute Gasteiger partial charge is 0.307 e. The summed E-state index contributed by atoms with van der Waals surface area (Å²) in [6.07, 6.45) is 3.68. The van der Waals surface area contributed by atoms with E-state index >= 15 is 0 Å². The van der Waals surface area contributed by atoms with Crippen LogP contribution in [-0.2, 0) is 16.1 Å². The van der Waals surface area contributed by atoms with Gasteiger partial charge in [-0.1, -0.05) is 46.6 Å². The number of benzene rings is 1. The van der Waals surface area contributed by atoms with Crippen LogP contribution in [0.3, 0.4) is 0 Å². The third-order valence-corrected chi connectivity index (χ3v) is 6.35. The van der Waals surface area contributed by atoms with E-state index in [0.717, 1.165) is 30.5 Å². The number of carbonyl (C=O) groups is 2. The summed E-state index contributed by atoms with van der Waals surface area (Å²) in [4.78, 5) is 25.2. The van der Waals surface area contributed by atoms with Crippen molar-refractivity contribution in [3.63, 3.8) is 0 Å². The van der Waals surface area contributed by atoms with Gasteiger partial charge in [-0.2, -0.15) is 5.10 Å². The molecular weight excluding hydrogens is 446 g/mol. The summed E-state index contributed by atoms with van der Waals surface area (Å²) in [5.41, 5.74) is 1.79. The fourth-order valence-corrected chi connectivity index (χ4v) is 4.07. The molecule has 0 bridgehead atoms. The Morgan fingerprint density at radius 1 is 1.03 bits per heavy atom. The first-order valence-electron chi connectivity index (χ1n) is 12.4. The molecule has 1 atom stereocenters. The molecule has 1 aromatic heterocycles. The maximum atomic E-state index is 13.3. The van der Waals surface area contributed by atoms with E-state index in [9.17, 15) is 9.59 Å². The van der Waals surface area contributed by atoms with E-state index in [1.54, 1.807) is 20.3 Å². The Balaban J connectivity index is 2.47. The fraction of sp³-hybridized carbons (Fsp3) is 0.593. The predicted molar refractivity (Wildman–Crippen MR) is 137 cm³/mol. The first-order valence-corrected chi connectivity index (χ1v) is 12.4. The zero-order valence-electron chi connectivity index (χ0n) is 22.2. The van der Waals surface area contributed by atoms with Crippen LogP contribution in [0.2, 0.25) is 0 Å². The molecule has 1 heterocycles. The van der Waals surface area contributed by atoms with Gasteiger partial charge < -0.3 is 19.5 Å².